The number of nitrogens with zero attached hydrogens (tertiary/aromatic N) is 2. The minimum Gasteiger partial charge on any atom is -0.464 e. The standard InChI is InChI=1S/C19H28N2O3/c1-14-2-7-18(24-14)11-21(17-5-6-17)19(22)12-20(16-3-4-16)10-15-8-9-23-13-15/h2,7,15-17H,3-6,8-13H2,1H3. The highest BCUT2D eigenvalue weighted by Crippen LogP contribution is 2.31. The zero-order chi connectivity index (χ0) is 16.5. The molecule has 24 heavy (non-hydrogen) atoms. The first-order chi connectivity index (χ1) is 11.7. The number of hydrogen-bond acceptors (Lipinski definition) is 4. The van der Waals surface area contributed by atoms with Gasteiger partial charge in [-0.05, 0) is 57.1 Å². The van der Waals surface area contributed by atoms with Crippen LogP contribution in [0.4, 0.5) is 0 Å². The van der Waals surface area contributed by atoms with Crippen molar-refractivity contribution < 1.29 is 13.9 Å². The Hall–Kier alpha value is -1.33. The van der Waals surface area contributed by atoms with Gasteiger partial charge in [-0.15, -0.1) is 0 Å². The SMILES string of the molecule is Cc1ccc(CN(C(=O)CN(CC2CCOC2)C2CC2)C2CC2)o1. The predicted octanol–water partition coefficient (Wildman–Crippen LogP) is 2.58. The molecule has 2 aliphatic carbocycles. The van der Waals surface area contributed by atoms with Gasteiger partial charge >= 0.3 is 0 Å². The zero-order valence-electron chi connectivity index (χ0n) is 14.6. The molecule has 2 saturated carbocycles. The van der Waals surface area contributed by atoms with Gasteiger partial charge in [-0.1, -0.05) is 0 Å². The van der Waals surface area contributed by atoms with Crippen LogP contribution in [0.2, 0.25) is 0 Å². The van der Waals surface area contributed by atoms with Gasteiger partial charge in [0.2, 0.25) is 5.91 Å². The van der Waals surface area contributed by atoms with Crippen LogP contribution in [0.15, 0.2) is 16.5 Å². The first-order valence-corrected chi connectivity index (χ1v) is 9.35. The fourth-order valence-electron chi connectivity index (χ4n) is 3.65. The molecule has 1 unspecified atom stereocenters. The van der Waals surface area contributed by atoms with Crippen molar-refractivity contribution in [2.75, 3.05) is 26.3 Å². The van der Waals surface area contributed by atoms with Crippen molar-refractivity contribution in [3.05, 3.63) is 23.7 Å². The van der Waals surface area contributed by atoms with E-state index >= 15 is 0 Å². The Morgan fingerprint density at radius 1 is 1.17 bits per heavy atom. The van der Waals surface area contributed by atoms with E-state index in [0.29, 0.717) is 31.1 Å². The van der Waals surface area contributed by atoms with Gasteiger partial charge in [0.25, 0.3) is 0 Å². The molecule has 0 radical (unpaired) electrons. The number of hydrogen-bond donors (Lipinski definition) is 0. The Morgan fingerprint density at radius 2 is 1.96 bits per heavy atom. The largest absolute Gasteiger partial charge is 0.464 e. The maximum Gasteiger partial charge on any atom is 0.237 e. The summed E-state index contributed by atoms with van der Waals surface area (Å²) >= 11 is 0. The van der Waals surface area contributed by atoms with E-state index < -0.39 is 0 Å². The minimum atomic E-state index is 0.261. The molecule has 1 aliphatic heterocycles. The third-order valence-corrected chi connectivity index (χ3v) is 5.35. The summed E-state index contributed by atoms with van der Waals surface area (Å²) in [4.78, 5) is 17.4. The molecule has 2 heterocycles. The molecule has 0 spiro atoms. The number of furan rings is 1. The van der Waals surface area contributed by atoms with Gasteiger partial charge in [0.05, 0.1) is 19.7 Å². The third-order valence-electron chi connectivity index (χ3n) is 5.35. The zero-order valence-corrected chi connectivity index (χ0v) is 14.6. The minimum absolute atomic E-state index is 0.261. The Balaban J connectivity index is 1.37. The van der Waals surface area contributed by atoms with Crippen LogP contribution in [0.5, 0.6) is 0 Å². The normalized spacial score (nSPS) is 23.8. The molecule has 0 aromatic carbocycles. The molecule has 1 saturated heterocycles. The van der Waals surface area contributed by atoms with Crippen molar-refractivity contribution in [3.8, 4) is 0 Å². The summed E-state index contributed by atoms with van der Waals surface area (Å²) in [5, 5.41) is 0. The Kier molecular flexibility index (Phi) is 4.63. The van der Waals surface area contributed by atoms with Gasteiger partial charge in [-0.3, -0.25) is 9.69 Å². The number of rotatable bonds is 8. The molecular weight excluding hydrogens is 304 g/mol. The summed E-state index contributed by atoms with van der Waals surface area (Å²) in [6.45, 7) is 5.86. The van der Waals surface area contributed by atoms with Crippen molar-refractivity contribution >= 4 is 5.91 Å². The van der Waals surface area contributed by atoms with Gasteiger partial charge in [0.15, 0.2) is 0 Å². The van der Waals surface area contributed by atoms with E-state index in [1.54, 1.807) is 0 Å². The molecule has 1 atom stereocenters. The second-order valence-corrected chi connectivity index (χ2v) is 7.66. The topological polar surface area (TPSA) is 45.9 Å². The summed E-state index contributed by atoms with van der Waals surface area (Å²) in [6, 6.07) is 4.99. The summed E-state index contributed by atoms with van der Waals surface area (Å²) < 4.78 is 11.2. The average Bonchev–Trinajstić information content (AvgIpc) is 3.48. The molecule has 1 amide bonds. The van der Waals surface area contributed by atoms with E-state index in [1.165, 1.54) is 12.8 Å². The van der Waals surface area contributed by atoms with Crippen LogP contribution in [-0.2, 0) is 16.1 Å². The lowest BCUT2D eigenvalue weighted by atomic mass is 10.1. The number of carbonyl (C=O) groups is 1. The maximum atomic E-state index is 13.0. The van der Waals surface area contributed by atoms with Crippen LogP contribution in [-0.4, -0.2) is 54.1 Å². The summed E-state index contributed by atoms with van der Waals surface area (Å²) in [5.41, 5.74) is 0. The smallest absolute Gasteiger partial charge is 0.237 e. The van der Waals surface area contributed by atoms with Crippen LogP contribution < -0.4 is 0 Å². The molecule has 3 fully saturated rings. The van der Waals surface area contributed by atoms with Gasteiger partial charge in [-0.25, -0.2) is 0 Å². The molecule has 0 bridgehead atoms. The van der Waals surface area contributed by atoms with Crippen LogP contribution in [0, 0.1) is 12.8 Å². The first kappa shape index (κ1) is 16.2. The van der Waals surface area contributed by atoms with Crippen LogP contribution in [0.25, 0.3) is 0 Å². The lowest BCUT2D eigenvalue weighted by molar-refractivity contribution is -0.134. The molecule has 0 N–H and O–H groups in total. The van der Waals surface area contributed by atoms with Crippen LogP contribution >= 0.6 is 0 Å². The van der Waals surface area contributed by atoms with Crippen molar-refractivity contribution in [1.29, 1.82) is 0 Å². The summed E-state index contributed by atoms with van der Waals surface area (Å²) in [6.07, 6.45) is 5.87. The molecule has 1 aromatic heterocycles. The summed E-state index contributed by atoms with van der Waals surface area (Å²) in [7, 11) is 0. The maximum absolute atomic E-state index is 13.0. The Morgan fingerprint density at radius 3 is 2.54 bits per heavy atom. The van der Waals surface area contributed by atoms with Crippen molar-refractivity contribution in [3.63, 3.8) is 0 Å². The van der Waals surface area contributed by atoms with Crippen LogP contribution in [0.3, 0.4) is 0 Å². The van der Waals surface area contributed by atoms with E-state index in [1.807, 2.05) is 24.0 Å². The van der Waals surface area contributed by atoms with Gasteiger partial charge in [0, 0.05) is 25.2 Å². The van der Waals surface area contributed by atoms with E-state index in [0.717, 1.165) is 50.5 Å². The molecule has 4 rings (SSSR count). The lowest BCUT2D eigenvalue weighted by Gasteiger charge is -2.28. The Bertz CT molecular complexity index is 571. The second kappa shape index (κ2) is 6.89. The highest BCUT2D eigenvalue weighted by molar-refractivity contribution is 5.79. The Labute approximate surface area is 143 Å². The number of aryl methyl sites for hydroxylation is 1. The number of ether oxygens (including phenoxy) is 1. The number of carbonyl (C=O) groups excluding carboxylic acids is 1. The van der Waals surface area contributed by atoms with E-state index in [-0.39, 0.29) is 5.91 Å². The number of amides is 1. The highest BCUT2D eigenvalue weighted by atomic mass is 16.5. The predicted molar refractivity (Wildman–Crippen MR) is 90.5 cm³/mol. The fraction of sp³-hybridized carbons (Fsp3) is 0.737. The second-order valence-electron chi connectivity index (χ2n) is 7.66. The molecule has 5 nitrogen and oxygen atoms in total. The monoisotopic (exact) mass is 332 g/mol. The average molecular weight is 332 g/mol. The van der Waals surface area contributed by atoms with E-state index in [9.17, 15) is 4.79 Å². The van der Waals surface area contributed by atoms with Crippen molar-refractivity contribution in [2.24, 2.45) is 5.92 Å². The quantitative estimate of drug-likeness (QED) is 0.734. The van der Waals surface area contributed by atoms with Gasteiger partial charge < -0.3 is 14.1 Å². The van der Waals surface area contributed by atoms with E-state index in [2.05, 4.69) is 4.90 Å². The van der Waals surface area contributed by atoms with Gasteiger partial charge in [-0.2, -0.15) is 0 Å². The molecule has 1 aromatic rings. The third kappa shape index (κ3) is 4.01. The molecule has 132 valence electrons. The van der Waals surface area contributed by atoms with Crippen molar-refractivity contribution in [2.45, 2.75) is 57.7 Å². The van der Waals surface area contributed by atoms with Gasteiger partial charge in [0.1, 0.15) is 11.5 Å². The van der Waals surface area contributed by atoms with Crippen LogP contribution in [0.1, 0.15) is 43.6 Å². The molecule has 3 aliphatic rings. The van der Waals surface area contributed by atoms with E-state index in [4.69, 9.17) is 9.15 Å². The van der Waals surface area contributed by atoms with Crippen molar-refractivity contribution in [1.82, 2.24) is 9.80 Å². The molecular formula is C19H28N2O3. The first-order valence-electron chi connectivity index (χ1n) is 9.35. The molecule has 5 heteroatoms. The summed E-state index contributed by atoms with van der Waals surface area (Å²) in [5.74, 6) is 2.67. The highest BCUT2D eigenvalue weighted by Gasteiger charge is 2.37. The fourth-order valence-corrected chi connectivity index (χ4v) is 3.65. The lowest BCUT2D eigenvalue weighted by Crippen LogP contribution is -2.43.